The number of nitrogens with zero attached hydrogens (tertiary/aromatic N) is 1. The Morgan fingerprint density at radius 1 is 0.950 bits per heavy atom. The average molecular weight is 269 g/mol. The van der Waals surface area contributed by atoms with Gasteiger partial charge in [0.25, 0.3) is 0 Å². The molecule has 1 amide bonds. The fraction of sp³-hybridized carbons (Fsp3) is 0.188. The lowest BCUT2D eigenvalue weighted by Gasteiger charge is -2.15. The van der Waals surface area contributed by atoms with E-state index in [0.717, 1.165) is 22.7 Å². The van der Waals surface area contributed by atoms with E-state index >= 15 is 0 Å². The molecule has 0 spiro atoms. The van der Waals surface area contributed by atoms with Crippen LogP contribution in [0.25, 0.3) is 0 Å². The molecule has 104 valence electrons. The summed E-state index contributed by atoms with van der Waals surface area (Å²) in [7, 11) is 4.02. The summed E-state index contributed by atoms with van der Waals surface area (Å²) < 4.78 is 0. The van der Waals surface area contributed by atoms with Crippen LogP contribution >= 0.6 is 0 Å². The van der Waals surface area contributed by atoms with Gasteiger partial charge in [-0.1, -0.05) is 12.1 Å². The lowest BCUT2D eigenvalue weighted by molar-refractivity contribution is -0.114. The van der Waals surface area contributed by atoms with Crippen LogP contribution in [0.4, 0.5) is 22.7 Å². The Labute approximate surface area is 119 Å². The fourth-order valence-corrected chi connectivity index (χ4v) is 1.91. The summed E-state index contributed by atoms with van der Waals surface area (Å²) in [5.41, 5.74) is 3.86. The minimum absolute atomic E-state index is 0.0724. The summed E-state index contributed by atoms with van der Waals surface area (Å²) in [5, 5.41) is 6.11. The van der Waals surface area contributed by atoms with Gasteiger partial charge in [-0.05, 0) is 36.4 Å². The van der Waals surface area contributed by atoms with Crippen molar-refractivity contribution in [3.05, 3.63) is 48.5 Å². The van der Waals surface area contributed by atoms with Gasteiger partial charge in [0, 0.05) is 43.8 Å². The Morgan fingerprint density at radius 3 is 2.20 bits per heavy atom. The van der Waals surface area contributed by atoms with Gasteiger partial charge >= 0.3 is 0 Å². The molecule has 0 saturated heterocycles. The number of benzene rings is 2. The van der Waals surface area contributed by atoms with Crippen molar-refractivity contribution in [3.8, 4) is 0 Å². The maximum atomic E-state index is 11.1. The highest BCUT2D eigenvalue weighted by Crippen LogP contribution is 2.23. The molecule has 0 fully saturated rings. The number of hydrogen-bond acceptors (Lipinski definition) is 3. The van der Waals surface area contributed by atoms with Gasteiger partial charge in [-0.15, -0.1) is 0 Å². The van der Waals surface area contributed by atoms with Gasteiger partial charge in [0.05, 0.1) is 0 Å². The molecule has 0 aliphatic carbocycles. The normalized spacial score (nSPS) is 9.95. The molecule has 0 aliphatic rings. The highest BCUT2D eigenvalue weighted by molar-refractivity contribution is 5.89. The van der Waals surface area contributed by atoms with Crippen molar-refractivity contribution in [2.45, 2.75) is 6.92 Å². The largest absolute Gasteiger partial charge is 0.378 e. The van der Waals surface area contributed by atoms with Gasteiger partial charge < -0.3 is 15.5 Å². The maximum Gasteiger partial charge on any atom is 0.221 e. The van der Waals surface area contributed by atoms with E-state index < -0.39 is 0 Å². The molecular weight excluding hydrogens is 250 g/mol. The number of carbonyl (C=O) groups is 1. The molecule has 2 aromatic carbocycles. The third-order valence-corrected chi connectivity index (χ3v) is 2.83. The van der Waals surface area contributed by atoms with E-state index in [9.17, 15) is 4.79 Å². The van der Waals surface area contributed by atoms with E-state index in [0.29, 0.717) is 0 Å². The highest BCUT2D eigenvalue weighted by Gasteiger charge is 2.00. The monoisotopic (exact) mass is 269 g/mol. The minimum Gasteiger partial charge on any atom is -0.378 e. The van der Waals surface area contributed by atoms with Crippen molar-refractivity contribution in [1.29, 1.82) is 0 Å². The second-order valence-corrected chi connectivity index (χ2v) is 4.83. The lowest BCUT2D eigenvalue weighted by atomic mass is 10.2. The first-order valence-corrected chi connectivity index (χ1v) is 6.46. The van der Waals surface area contributed by atoms with E-state index in [1.54, 1.807) is 0 Å². The second-order valence-electron chi connectivity index (χ2n) is 4.83. The summed E-state index contributed by atoms with van der Waals surface area (Å²) in [5.74, 6) is -0.0724. The lowest BCUT2D eigenvalue weighted by Crippen LogP contribution is -2.08. The first-order valence-electron chi connectivity index (χ1n) is 6.46. The molecule has 0 heterocycles. The van der Waals surface area contributed by atoms with Crippen molar-refractivity contribution in [2.75, 3.05) is 29.6 Å². The van der Waals surface area contributed by atoms with Crippen molar-refractivity contribution in [2.24, 2.45) is 0 Å². The third-order valence-electron chi connectivity index (χ3n) is 2.83. The fourth-order valence-electron chi connectivity index (χ4n) is 1.91. The second kappa shape index (κ2) is 6.10. The van der Waals surface area contributed by atoms with Crippen LogP contribution in [0.5, 0.6) is 0 Å². The molecule has 20 heavy (non-hydrogen) atoms. The van der Waals surface area contributed by atoms with Crippen LogP contribution in [-0.2, 0) is 4.79 Å². The van der Waals surface area contributed by atoms with Gasteiger partial charge in [-0.3, -0.25) is 4.79 Å². The Hall–Kier alpha value is -2.49. The SMILES string of the molecule is CC(=O)Nc1cccc(Nc2cccc(N(C)C)c2)c1. The summed E-state index contributed by atoms with van der Waals surface area (Å²) in [6.07, 6.45) is 0. The summed E-state index contributed by atoms with van der Waals surface area (Å²) in [6, 6.07) is 15.8. The number of carbonyl (C=O) groups excluding carboxylic acids is 1. The Kier molecular flexibility index (Phi) is 4.25. The van der Waals surface area contributed by atoms with Gasteiger partial charge in [-0.2, -0.15) is 0 Å². The van der Waals surface area contributed by atoms with Crippen LogP contribution < -0.4 is 15.5 Å². The maximum absolute atomic E-state index is 11.1. The molecule has 0 saturated carbocycles. The molecular formula is C16H19N3O. The molecule has 0 aliphatic heterocycles. The molecule has 2 rings (SSSR count). The van der Waals surface area contributed by atoms with Crippen molar-refractivity contribution >= 4 is 28.7 Å². The first kappa shape index (κ1) is 13.9. The quantitative estimate of drug-likeness (QED) is 0.893. The van der Waals surface area contributed by atoms with E-state index in [1.165, 1.54) is 6.92 Å². The van der Waals surface area contributed by atoms with Gasteiger partial charge in [0.15, 0.2) is 0 Å². The van der Waals surface area contributed by atoms with Gasteiger partial charge in [0.1, 0.15) is 0 Å². The molecule has 4 heteroatoms. The predicted molar refractivity (Wildman–Crippen MR) is 84.8 cm³/mol. The van der Waals surface area contributed by atoms with Crippen LogP contribution in [0.15, 0.2) is 48.5 Å². The first-order chi connectivity index (χ1) is 9.54. The molecule has 0 aromatic heterocycles. The molecule has 0 atom stereocenters. The number of hydrogen-bond donors (Lipinski definition) is 2. The molecule has 4 nitrogen and oxygen atoms in total. The minimum atomic E-state index is -0.0724. The van der Waals surface area contributed by atoms with Gasteiger partial charge in [-0.25, -0.2) is 0 Å². The van der Waals surface area contributed by atoms with E-state index in [-0.39, 0.29) is 5.91 Å². The molecule has 0 radical (unpaired) electrons. The average Bonchev–Trinajstić information content (AvgIpc) is 2.38. The Bertz CT molecular complexity index is 608. The van der Waals surface area contributed by atoms with Crippen LogP contribution in [-0.4, -0.2) is 20.0 Å². The van der Waals surface area contributed by atoms with E-state index in [2.05, 4.69) is 27.7 Å². The topological polar surface area (TPSA) is 44.4 Å². The zero-order valence-corrected chi connectivity index (χ0v) is 12.0. The highest BCUT2D eigenvalue weighted by atomic mass is 16.1. The third kappa shape index (κ3) is 3.75. The molecule has 2 aromatic rings. The van der Waals surface area contributed by atoms with Crippen molar-refractivity contribution in [3.63, 3.8) is 0 Å². The standard InChI is InChI=1S/C16H19N3O/c1-12(20)17-13-6-4-7-14(10-13)18-15-8-5-9-16(11-15)19(2)3/h4-11,18H,1-3H3,(H,17,20). The molecule has 2 N–H and O–H groups in total. The molecule has 0 bridgehead atoms. The number of amides is 1. The van der Waals surface area contributed by atoms with E-state index in [1.807, 2.05) is 50.5 Å². The summed E-state index contributed by atoms with van der Waals surface area (Å²) >= 11 is 0. The zero-order chi connectivity index (χ0) is 14.5. The van der Waals surface area contributed by atoms with Crippen LogP contribution in [0.1, 0.15) is 6.92 Å². The van der Waals surface area contributed by atoms with Crippen molar-refractivity contribution in [1.82, 2.24) is 0 Å². The zero-order valence-electron chi connectivity index (χ0n) is 12.0. The molecule has 0 unspecified atom stereocenters. The number of anilines is 4. The summed E-state index contributed by atoms with van der Waals surface area (Å²) in [4.78, 5) is 13.1. The summed E-state index contributed by atoms with van der Waals surface area (Å²) in [6.45, 7) is 1.50. The van der Waals surface area contributed by atoms with Crippen LogP contribution in [0.3, 0.4) is 0 Å². The van der Waals surface area contributed by atoms with Crippen LogP contribution in [0.2, 0.25) is 0 Å². The van der Waals surface area contributed by atoms with Gasteiger partial charge in [0.2, 0.25) is 5.91 Å². The van der Waals surface area contributed by atoms with Crippen molar-refractivity contribution < 1.29 is 4.79 Å². The van der Waals surface area contributed by atoms with Crippen LogP contribution in [0, 0.1) is 0 Å². The number of nitrogens with one attached hydrogen (secondary N) is 2. The van der Waals surface area contributed by atoms with E-state index in [4.69, 9.17) is 0 Å². The number of rotatable bonds is 4. The Balaban J connectivity index is 2.17. The smallest absolute Gasteiger partial charge is 0.221 e. The predicted octanol–water partition coefficient (Wildman–Crippen LogP) is 3.45. The Morgan fingerprint density at radius 2 is 1.55 bits per heavy atom.